The van der Waals surface area contributed by atoms with Crippen molar-refractivity contribution in [3.05, 3.63) is 41.2 Å². The van der Waals surface area contributed by atoms with Crippen LogP contribution in [0.2, 0.25) is 0 Å². The average molecular weight is 260 g/mol. The molecule has 1 aromatic carbocycles. The van der Waals surface area contributed by atoms with E-state index in [9.17, 15) is 4.79 Å². The Kier molecular flexibility index (Phi) is 3.85. The summed E-state index contributed by atoms with van der Waals surface area (Å²) >= 11 is 0. The van der Waals surface area contributed by atoms with Gasteiger partial charge in [-0.3, -0.25) is 9.48 Å². The lowest BCUT2D eigenvalue weighted by Crippen LogP contribution is -2.04. The van der Waals surface area contributed by atoms with Crippen LogP contribution >= 0.6 is 0 Å². The zero-order valence-electron chi connectivity index (χ0n) is 11.2. The molecule has 5 nitrogen and oxygen atoms in total. The fourth-order valence-electron chi connectivity index (χ4n) is 1.83. The summed E-state index contributed by atoms with van der Waals surface area (Å²) in [4.78, 5) is 10.7. The minimum atomic E-state index is 0.397. The maximum atomic E-state index is 10.7. The van der Waals surface area contributed by atoms with Gasteiger partial charge in [-0.1, -0.05) is 0 Å². The van der Waals surface area contributed by atoms with E-state index in [4.69, 9.17) is 9.47 Å². The first-order valence-electron chi connectivity index (χ1n) is 5.89. The van der Waals surface area contributed by atoms with Crippen LogP contribution in [0.3, 0.4) is 0 Å². The van der Waals surface area contributed by atoms with Crippen molar-refractivity contribution >= 4 is 6.29 Å². The van der Waals surface area contributed by atoms with Gasteiger partial charge in [0, 0.05) is 12.6 Å². The minimum Gasteiger partial charge on any atom is -0.493 e. The number of rotatable bonds is 5. The van der Waals surface area contributed by atoms with E-state index in [2.05, 4.69) is 5.10 Å². The largest absolute Gasteiger partial charge is 0.493 e. The van der Waals surface area contributed by atoms with Crippen molar-refractivity contribution < 1.29 is 14.3 Å². The summed E-state index contributed by atoms with van der Waals surface area (Å²) in [5.74, 6) is 1.15. The highest BCUT2D eigenvalue weighted by Crippen LogP contribution is 2.28. The Balaban J connectivity index is 2.15. The lowest BCUT2D eigenvalue weighted by molar-refractivity contribution is 0.112. The number of nitrogens with zero attached hydrogens (tertiary/aromatic N) is 2. The van der Waals surface area contributed by atoms with Crippen molar-refractivity contribution in [2.24, 2.45) is 7.05 Å². The number of aromatic nitrogens is 2. The number of aryl methyl sites for hydroxylation is 2. The van der Waals surface area contributed by atoms with Crippen LogP contribution in [0.4, 0.5) is 0 Å². The monoisotopic (exact) mass is 260 g/mol. The molecule has 0 saturated heterocycles. The van der Waals surface area contributed by atoms with Crippen LogP contribution in [0.1, 0.15) is 21.7 Å². The Morgan fingerprint density at radius 1 is 1.32 bits per heavy atom. The van der Waals surface area contributed by atoms with Crippen molar-refractivity contribution in [1.82, 2.24) is 9.78 Å². The van der Waals surface area contributed by atoms with Gasteiger partial charge in [0.1, 0.15) is 12.9 Å². The molecule has 0 bridgehead atoms. The Morgan fingerprint density at radius 3 is 2.68 bits per heavy atom. The molecule has 0 aliphatic heterocycles. The number of hydrogen-bond acceptors (Lipinski definition) is 4. The molecule has 0 amide bonds. The quantitative estimate of drug-likeness (QED) is 0.773. The van der Waals surface area contributed by atoms with Crippen molar-refractivity contribution in [3.8, 4) is 11.5 Å². The van der Waals surface area contributed by atoms with E-state index in [1.165, 1.54) is 0 Å². The molecule has 100 valence electrons. The normalized spacial score (nSPS) is 10.3. The second kappa shape index (κ2) is 5.56. The van der Waals surface area contributed by atoms with E-state index in [1.807, 2.05) is 20.0 Å². The van der Waals surface area contributed by atoms with Gasteiger partial charge >= 0.3 is 0 Å². The van der Waals surface area contributed by atoms with Crippen molar-refractivity contribution in [1.29, 1.82) is 0 Å². The van der Waals surface area contributed by atoms with Crippen LogP contribution in [0.25, 0.3) is 0 Å². The van der Waals surface area contributed by atoms with Crippen LogP contribution in [-0.4, -0.2) is 23.2 Å². The zero-order chi connectivity index (χ0) is 13.8. The lowest BCUT2D eigenvalue weighted by Gasteiger charge is -2.11. The molecule has 5 heteroatoms. The third-order valence-electron chi connectivity index (χ3n) is 2.80. The Bertz CT molecular complexity index is 590. The van der Waals surface area contributed by atoms with E-state index in [-0.39, 0.29) is 0 Å². The first-order chi connectivity index (χ1) is 9.13. The predicted molar refractivity (Wildman–Crippen MR) is 70.7 cm³/mol. The highest BCUT2D eigenvalue weighted by Gasteiger charge is 2.08. The second-order valence-electron chi connectivity index (χ2n) is 4.22. The third-order valence-corrected chi connectivity index (χ3v) is 2.80. The summed E-state index contributed by atoms with van der Waals surface area (Å²) in [5.41, 5.74) is 2.48. The van der Waals surface area contributed by atoms with E-state index < -0.39 is 0 Å². The molecule has 2 rings (SSSR count). The molecule has 0 unspecified atom stereocenters. The van der Waals surface area contributed by atoms with Gasteiger partial charge in [0.05, 0.1) is 18.5 Å². The maximum Gasteiger partial charge on any atom is 0.161 e. The van der Waals surface area contributed by atoms with Gasteiger partial charge < -0.3 is 9.47 Å². The van der Waals surface area contributed by atoms with Gasteiger partial charge in [0.15, 0.2) is 11.5 Å². The Morgan fingerprint density at radius 2 is 2.11 bits per heavy atom. The number of aldehydes is 1. The molecule has 2 aromatic rings. The summed E-state index contributed by atoms with van der Waals surface area (Å²) in [6.45, 7) is 2.33. The molecule has 0 radical (unpaired) electrons. The summed E-state index contributed by atoms with van der Waals surface area (Å²) in [6, 6.07) is 7.04. The molecule has 19 heavy (non-hydrogen) atoms. The smallest absolute Gasteiger partial charge is 0.161 e. The Hall–Kier alpha value is -2.30. The van der Waals surface area contributed by atoms with Crippen LogP contribution < -0.4 is 9.47 Å². The highest BCUT2D eigenvalue weighted by atomic mass is 16.5. The van der Waals surface area contributed by atoms with Crippen molar-refractivity contribution in [2.75, 3.05) is 7.11 Å². The SMILES string of the molecule is COc1cc(C=O)ccc1OCc1cc(C)nn1C. The van der Waals surface area contributed by atoms with Crippen LogP contribution in [0, 0.1) is 6.92 Å². The van der Waals surface area contributed by atoms with E-state index in [0.29, 0.717) is 23.7 Å². The van der Waals surface area contributed by atoms with Crippen molar-refractivity contribution in [3.63, 3.8) is 0 Å². The average Bonchev–Trinajstić information content (AvgIpc) is 2.74. The fourth-order valence-corrected chi connectivity index (χ4v) is 1.83. The number of carbonyl (C=O) groups excluding carboxylic acids is 1. The fraction of sp³-hybridized carbons (Fsp3) is 0.286. The van der Waals surface area contributed by atoms with Gasteiger partial charge in [-0.05, 0) is 31.2 Å². The zero-order valence-corrected chi connectivity index (χ0v) is 11.2. The van der Waals surface area contributed by atoms with E-state index in [1.54, 1.807) is 30.0 Å². The molecule has 0 fully saturated rings. The molecule has 0 aliphatic carbocycles. The molecular weight excluding hydrogens is 244 g/mol. The molecule has 0 aliphatic rings. The van der Waals surface area contributed by atoms with Crippen LogP contribution in [0.5, 0.6) is 11.5 Å². The molecule has 0 spiro atoms. The molecule has 1 aromatic heterocycles. The highest BCUT2D eigenvalue weighted by molar-refractivity contribution is 5.76. The van der Waals surface area contributed by atoms with Gasteiger partial charge in [0.25, 0.3) is 0 Å². The molecule has 1 heterocycles. The third kappa shape index (κ3) is 2.93. The first kappa shape index (κ1) is 13.1. The number of carbonyl (C=O) groups is 1. The van der Waals surface area contributed by atoms with Crippen LogP contribution in [0.15, 0.2) is 24.3 Å². The predicted octanol–water partition coefficient (Wildman–Crippen LogP) is 2.13. The van der Waals surface area contributed by atoms with Gasteiger partial charge in [-0.15, -0.1) is 0 Å². The summed E-state index contributed by atoms with van der Waals surface area (Å²) < 4.78 is 12.7. The minimum absolute atomic E-state index is 0.397. The number of methoxy groups -OCH3 is 1. The lowest BCUT2D eigenvalue weighted by atomic mass is 10.2. The maximum absolute atomic E-state index is 10.7. The van der Waals surface area contributed by atoms with Gasteiger partial charge in [-0.25, -0.2) is 0 Å². The summed E-state index contributed by atoms with van der Waals surface area (Å²) in [5, 5.41) is 4.25. The van der Waals surface area contributed by atoms with Crippen LogP contribution in [-0.2, 0) is 13.7 Å². The summed E-state index contributed by atoms with van der Waals surface area (Å²) in [6.07, 6.45) is 0.775. The first-order valence-corrected chi connectivity index (χ1v) is 5.89. The van der Waals surface area contributed by atoms with Crippen molar-refractivity contribution in [2.45, 2.75) is 13.5 Å². The number of benzene rings is 1. The molecule has 0 saturated carbocycles. The van der Waals surface area contributed by atoms with Gasteiger partial charge in [-0.2, -0.15) is 5.10 Å². The summed E-state index contributed by atoms with van der Waals surface area (Å²) in [7, 11) is 3.42. The molecule has 0 N–H and O–H groups in total. The molecule has 0 atom stereocenters. The van der Waals surface area contributed by atoms with E-state index in [0.717, 1.165) is 17.7 Å². The molecular formula is C14H16N2O3. The second-order valence-corrected chi connectivity index (χ2v) is 4.22. The van der Waals surface area contributed by atoms with Gasteiger partial charge in [0.2, 0.25) is 0 Å². The number of ether oxygens (including phenoxy) is 2. The van der Waals surface area contributed by atoms with E-state index >= 15 is 0 Å². The Labute approximate surface area is 111 Å². The standard InChI is InChI=1S/C14H16N2O3/c1-10-6-12(16(2)15-10)9-19-13-5-4-11(8-17)7-14(13)18-3/h4-8H,9H2,1-3H3. The topological polar surface area (TPSA) is 53.4 Å². The number of hydrogen-bond donors (Lipinski definition) is 0.